The first kappa shape index (κ1) is 20.1. The molecular formula is C23H30N2O4. The Kier molecular flexibility index (Phi) is 5.49. The van der Waals surface area contributed by atoms with Crippen molar-refractivity contribution in [2.24, 2.45) is 5.41 Å². The van der Waals surface area contributed by atoms with E-state index in [1.165, 1.54) is 0 Å². The van der Waals surface area contributed by atoms with Gasteiger partial charge in [0.15, 0.2) is 0 Å². The number of piperidine rings is 2. The molecule has 156 valence electrons. The van der Waals surface area contributed by atoms with Crippen molar-refractivity contribution in [3.63, 3.8) is 0 Å². The molecule has 1 atom stereocenters. The second-order valence-electron chi connectivity index (χ2n) is 8.90. The normalized spacial score (nSPS) is 23.3. The number of hydrogen-bond donors (Lipinski definition) is 1. The van der Waals surface area contributed by atoms with Crippen LogP contribution in [0.25, 0.3) is 11.0 Å². The highest BCUT2D eigenvalue weighted by molar-refractivity contribution is 5.83. The van der Waals surface area contributed by atoms with Crippen molar-refractivity contribution in [2.75, 3.05) is 32.8 Å². The molecule has 4 rings (SSSR count). The second-order valence-corrected chi connectivity index (χ2v) is 8.90. The molecule has 3 heterocycles. The van der Waals surface area contributed by atoms with Crippen LogP contribution in [-0.2, 0) is 11.3 Å². The summed E-state index contributed by atoms with van der Waals surface area (Å²) in [4.78, 5) is 28.6. The predicted molar refractivity (Wildman–Crippen MR) is 112 cm³/mol. The van der Waals surface area contributed by atoms with Crippen molar-refractivity contribution >= 4 is 16.9 Å². The third-order valence-corrected chi connectivity index (χ3v) is 6.51. The van der Waals surface area contributed by atoms with Crippen LogP contribution in [0.3, 0.4) is 0 Å². The third kappa shape index (κ3) is 4.09. The Bertz CT molecular complexity index is 983. The van der Waals surface area contributed by atoms with Gasteiger partial charge in [0.25, 0.3) is 0 Å². The van der Waals surface area contributed by atoms with E-state index in [0.29, 0.717) is 25.1 Å². The Morgan fingerprint density at radius 2 is 1.97 bits per heavy atom. The highest BCUT2D eigenvalue weighted by atomic mass is 16.4. The monoisotopic (exact) mass is 398 g/mol. The van der Waals surface area contributed by atoms with Gasteiger partial charge in [-0.15, -0.1) is 0 Å². The first-order chi connectivity index (χ1) is 13.9. The van der Waals surface area contributed by atoms with Crippen molar-refractivity contribution < 1.29 is 14.3 Å². The topological polar surface area (TPSA) is 74.0 Å². The summed E-state index contributed by atoms with van der Waals surface area (Å²) in [6.45, 7) is 7.80. The highest BCUT2D eigenvalue weighted by Crippen LogP contribution is 2.39. The molecule has 1 aromatic carbocycles. The lowest BCUT2D eigenvalue weighted by Crippen LogP contribution is -2.54. The second kappa shape index (κ2) is 7.92. The standard InChI is InChI=1S/C23H30N2O4/c1-16-10-17(2)22-19(11-16)18(12-21(28)29-22)13-24-7-3-5-23(14-24)6-4-20(27)25(15-23)8-9-26/h10-12,26H,3-9,13-15H2,1-2H3. The SMILES string of the molecule is Cc1cc(C)c2oc(=O)cc(CN3CCCC4(CCC(=O)N(CCO)C4)C3)c2c1. The number of carbonyl (C=O) groups excluding carboxylic acids is 1. The van der Waals surface area contributed by atoms with Gasteiger partial charge >= 0.3 is 5.63 Å². The molecule has 6 nitrogen and oxygen atoms in total. The number of β-amino-alcohol motifs (C(OH)–C–C–N with tert-alkyl or cyclic N) is 1. The molecule has 0 bridgehead atoms. The lowest BCUT2D eigenvalue weighted by molar-refractivity contribution is -0.140. The first-order valence-corrected chi connectivity index (χ1v) is 10.5. The number of rotatable bonds is 4. The van der Waals surface area contributed by atoms with E-state index in [-0.39, 0.29) is 23.6 Å². The summed E-state index contributed by atoms with van der Waals surface area (Å²) in [6.07, 6.45) is 3.65. The fourth-order valence-electron chi connectivity index (χ4n) is 5.26. The quantitative estimate of drug-likeness (QED) is 0.802. The first-order valence-electron chi connectivity index (χ1n) is 10.5. The van der Waals surface area contributed by atoms with Crippen molar-refractivity contribution in [1.29, 1.82) is 0 Å². The summed E-state index contributed by atoms with van der Waals surface area (Å²) in [7, 11) is 0. The number of aliphatic hydroxyl groups excluding tert-OH is 1. The van der Waals surface area contributed by atoms with Gasteiger partial charge in [0.1, 0.15) is 5.58 Å². The van der Waals surface area contributed by atoms with Crippen LogP contribution in [0.4, 0.5) is 0 Å². The van der Waals surface area contributed by atoms with Crippen LogP contribution in [-0.4, -0.2) is 53.6 Å². The molecule has 2 saturated heterocycles. The van der Waals surface area contributed by atoms with Gasteiger partial charge in [-0.2, -0.15) is 0 Å². The summed E-state index contributed by atoms with van der Waals surface area (Å²) in [5.74, 6) is 0.152. The summed E-state index contributed by atoms with van der Waals surface area (Å²) in [5, 5.41) is 10.3. The van der Waals surface area contributed by atoms with Crippen LogP contribution in [0.1, 0.15) is 42.4 Å². The zero-order valence-corrected chi connectivity index (χ0v) is 17.4. The maximum Gasteiger partial charge on any atom is 0.336 e. The van der Waals surface area contributed by atoms with E-state index >= 15 is 0 Å². The summed E-state index contributed by atoms with van der Waals surface area (Å²) >= 11 is 0. The number of amides is 1. The van der Waals surface area contributed by atoms with Gasteiger partial charge in [0.2, 0.25) is 5.91 Å². The predicted octanol–water partition coefficient (Wildman–Crippen LogP) is 2.61. The van der Waals surface area contributed by atoms with E-state index in [1.54, 1.807) is 6.07 Å². The fourth-order valence-corrected chi connectivity index (χ4v) is 5.26. The number of aryl methyl sites for hydroxylation is 2. The zero-order valence-electron chi connectivity index (χ0n) is 17.4. The van der Waals surface area contributed by atoms with Gasteiger partial charge in [-0.25, -0.2) is 4.79 Å². The molecule has 0 aliphatic carbocycles. The van der Waals surface area contributed by atoms with Gasteiger partial charge in [-0.05, 0) is 62.4 Å². The Morgan fingerprint density at radius 3 is 2.76 bits per heavy atom. The van der Waals surface area contributed by atoms with E-state index in [1.807, 2.05) is 17.9 Å². The maximum absolute atomic E-state index is 12.2. The molecule has 1 unspecified atom stereocenters. The number of fused-ring (bicyclic) bond motifs is 1. The van der Waals surface area contributed by atoms with Gasteiger partial charge in [-0.1, -0.05) is 6.07 Å². The minimum absolute atomic E-state index is 0.00994. The molecule has 1 aromatic heterocycles. The Morgan fingerprint density at radius 1 is 1.14 bits per heavy atom. The van der Waals surface area contributed by atoms with Crippen molar-refractivity contribution in [2.45, 2.75) is 46.1 Å². The Balaban J connectivity index is 1.59. The number of benzene rings is 1. The maximum atomic E-state index is 12.2. The van der Waals surface area contributed by atoms with Crippen molar-refractivity contribution in [1.82, 2.24) is 9.80 Å². The van der Waals surface area contributed by atoms with Crippen LogP contribution >= 0.6 is 0 Å². The van der Waals surface area contributed by atoms with Crippen LogP contribution in [0.5, 0.6) is 0 Å². The molecular weight excluding hydrogens is 368 g/mol. The molecule has 0 radical (unpaired) electrons. The summed E-state index contributed by atoms with van der Waals surface area (Å²) in [6, 6.07) is 5.77. The number of hydrogen-bond acceptors (Lipinski definition) is 5. The number of nitrogens with zero attached hydrogens (tertiary/aromatic N) is 2. The molecule has 1 N–H and O–H groups in total. The average Bonchev–Trinajstić information content (AvgIpc) is 2.66. The van der Waals surface area contributed by atoms with Crippen LogP contribution in [0.15, 0.2) is 27.4 Å². The lowest BCUT2D eigenvalue weighted by Gasteiger charge is -2.48. The lowest BCUT2D eigenvalue weighted by atomic mass is 9.73. The minimum Gasteiger partial charge on any atom is -0.422 e. The number of aliphatic hydroxyl groups is 1. The van der Waals surface area contributed by atoms with E-state index in [4.69, 9.17) is 4.42 Å². The van der Waals surface area contributed by atoms with E-state index in [9.17, 15) is 14.7 Å². The molecule has 6 heteroatoms. The number of likely N-dealkylation sites (tertiary alicyclic amines) is 2. The van der Waals surface area contributed by atoms with Crippen LogP contribution in [0, 0.1) is 19.3 Å². The van der Waals surface area contributed by atoms with Gasteiger partial charge in [0, 0.05) is 49.5 Å². The van der Waals surface area contributed by atoms with Crippen molar-refractivity contribution in [3.8, 4) is 0 Å². The van der Waals surface area contributed by atoms with E-state index in [2.05, 4.69) is 17.9 Å². The molecule has 2 aromatic rings. The molecule has 29 heavy (non-hydrogen) atoms. The molecule has 1 amide bonds. The van der Waals surface area contributed by atoms with Gasteiger partial charge in [-0.3, -0.25) is 9.69 Å². The van der Waals surface area contributed by atoms with Gasteiger partial charge in [0.05, 0.1) is 6.61 Å². The van der Waals surface area contributed by atoms with Gasteiger partial charge < -0.3 is 14.4 Å². The molecule has 0 saturated carbocycles. The van der Waals surface area contributed by atoms with Crippen LogP contribution in [0.2, 0.25) is 0 Å². The Hall–Kier alpha value is -2.18. The largest absolute Gasteiger partial charge is 0.422 e. The third-order valence-electron chi connectivity index (χ3n) is 6.51. The van der Waals surface area contributed by atoms with Crippen LogP contribution < -0.4 is 5.63 Å². The molecule has 2 fully saturated rings. The van der Waals surface area contributed by atoms with E-state index in [0.717, 1.165) is 61.0 Å². The van der Waals surface area contributed by atoms with Crippen molar-refractivity contribution in [3.05, 3.63) is 45.3 Å². The smallest absolute Gasteiger partial charge is 0.336 e. The fraction of sp³-hybridized carbons (Fsp3) is 0.565. The Labute approximate surface area is 171 Å². The summed E-state index contributed by atoms with van der Waals surface area (Å²) in [5.41, 5.74) is 3.62. The molecule has 2 aliphatic rings. The summed E-state index contributed by atoms with van der Waals surface area (Å²) < 4.78 is 5.50. The zero-order chi connectivity index (χ0) is 20.6. The minimum atomic E-state index is -0.302. The number of carbonyl (C=O) groups is 1. The molecule has 2 aliphatic heterocycles. The van der Waals surface area contributed by atoms with E-state index < -0.39 is 0 Å². The average molecular weight is 399 g/mol. The molecule has 1 spiro atoms. The highest BCUT2D eigenvalue weighted by Gasteiger charge is 2.41.